The van der Waals surface area contributed by atoms with Gasteiger partial charge in [0.2, 0.25) is 0 Å². The van der Waals surface area contributed by atoms with Crippen LogP contribution in [-0.4, -0.2) is 5.54 Å². The Bertz CT molecular complexity index is 576. The van der Waals surface area contributed by atoms with Crippen molar-refractivity contribution in [2.24, 2.45) is 16.7 Å². The third kappa shape index (κ3) is 2.09. The van der Waals surface area contributed by atoms with Crippen molar-refractivity contribution in [1.82, 2.24) is 0 Å². The molecule has 0 saturated heterocycles. The highest BCUT2D eigenvalue weighted by molar-refractivity contribution is 5.69. The van der Waals surface area contributed by atoms with Gasteiger partial charge in [-0.25, -0.2) is 0 Å². The first-order valence-corrected chi connectivity index (χ1v) is 8.22. The van der Waals surface area contributed by atoms with Crippen LogP contribution in [0.2, 0.25) is 0 Å². The third-order valence-electron chi connectivity index (χ3n) is 6.12. The van der Waals surface area contributed by atoms with Crippen molar-refractivity contribution in [3.05, 3.63) is 18.2 Å². The molecule has 3 nitrogen and oxygen atoms in total. The molecule has 0 heterocycles. The second-order valence-corrected chi connectivity index (χ2v) is 8.88. The van der Waals surface area contributed by atoms with Gasteiger partial charge in [0.25, 0.3) is 0 Å². The van der Waals surface area contributed by atoms with Gasteiger partial charge in [-0.3, -0.25) is 0 Å². The highest BCUT2D eigenvalue weighted by Gasteiger charge is 2.60. The summed E-state index contributed by atoms with van der Waals surface area (Å²) in [5.41, 5.74) is 15.6. The summed E-state index contributed by atoms with van der Waals surface area (Å²) in [6.45, 7) is 5.01. The van der Waals surface area contributed by atoms with Crippen molar-refractivity contribution in [1.29, 1.82) is 0 Å². The molecule has 4 bridgehead atoms. The standard InChI is InChI=1S/C18H27N3/c1-16-6-12-7-17(2,9-16)11-18(8-12,10-16)21-13-3-4-14(19)15(20)5-13/h3-5,12,21H,6-11,19-20H2,1-2H3. The van der Waals surface area contributed by atoms with E-state index >= 15 is 0 Å². The molecule has 1 aromatic carbocycles. The van der Waals surface area contributed by atoms with E-state index in [0.29, 0.717) is 22.2 Å². The number of nitrogens with one attached hydrogen (secondary N) is 1. The van der Waals surface area contributed by atoms with Gasteiger partial charge in [-0.05, 0) is 73.5 Å². The van der Waals surface area contributed by atoms with Gasteiger partial charge >= 0.3 is 0 Å². The van der Waals surface area contributed by atoms with E-state index in [4.69, 9.17) is 11.5 Å². The van der Waals surface area contributed by atoms with Crippen molar-refractivity contribution in [2.75, 3.05) is 16.8 Å². The molecule has 2 atom stereocenters. The highest BCUT2D eigenvalue weighted by atomic mass is 15.0. The van der Waals surface area contributed by atoms with E-state index in [-0.39, 0.29) is 5.54 Å². The van der Waals surface area contributed by atoms with Crippen molar-refractivity contribution in [2.45, 2.75) is 57.9 Å². The summed E-state index contributed by atoms with van der Waals surface area (Å²) in [5, 5.41) is 3.87. The Morgan fingerprint density at radius 3 is 2.19 bits per heavy atom. The normalized spacial score (nSPS) is 44.0. The molecule has 0 radical (unpaired) electrons. The van der Waals surface area contributed by atoms with Crippen molar-refractivity contribution < 1.29 is 0 Å². The van der Waals surface area contributed by atoms with Gasteiger partial charge in [0.1, 0.15) is 0 Å². The maximum atomic E-state index is 5.97. The second kappa shape index (κ2) is 3.88. The number of rotatable bonds is 2. The molecule has 1 aromatic rings. The van der Waals surface area contributed by atoms with E-state index in [1.165, 1.54) is 38.5 Å². The summed E-state index contributed by atoms with van der Waals surface area (Å²) >= 11 is 0. The Labute approximate surface area is 127 Å². The van der Waals surface area contributed by atoms with Crippen LogP contribution in [-0.2, 0) is 0 Å². The van der Waals surface area contributed by atoms with Gasteiger partial charge in [-0.15, -0.1) is 0 Å². The van der Waals surface area contributed by atoms with Gasteiger partial charge in [-0.1, -0.05) is 13.8 Å². The van der Waals surface area contributed by atoms with Crippen LogP contribution in [0.5, 0.6) is 0 Å². The van der Waals surface area contributed by atoms with E-state index in [0.717, 1.165) is 11.6 Å². The Hall–Kier alpha value is -1.38. The van der Waals surface area contributed by atoms with E-state index in [9.17, 15) is 0 Å². The fourth-order valence-electron chi connectivity index (χ4n) is 6.55. The summed E-state index contributed by atoms with van der Waals surface area (Å²) in [6.07, 6.45) is 8.19. The van der Waals surface area contributed by atoms with E-state index in [2.05, 4.69) is 25.2 Å². The fourth-order valence-corrected chi connectivity index (χ4v) is 6.55. The van der Waals surface area contributed by atoms with Crippen LogP contribution in [0, 0.1) is 16.7 Å². The summed E-state index contributed by atoms with van der Waals surface area (Å²) < 4.78 is 0. The molecule has 114 valence electrons. The molecule has 0 spiro atoms. The minimum atomic E-state index is 0.269. The number of hydrogen-bond donors (Lipinski definition) is 3. The monoisotopic (exact) mass is 285 g/mol. The molecule has 4 fully saturated rings. The summed E-state index contributed by atoms with van der Waals surface area (Å²) in [4.78, 5) is 0. The zero-order valence-corrected chi connectivity index (χ0v) is 13.2. The van der Waals surface area contributed by atoms with Gasteiger partial charge < -0.3 is 16.8 Å². The molecule has 0 aromatic heterocycles. The lowest BCUT2D eigenvalue weighted by Gasteiger charge is -2.65. The van der Waals surface area contributed by atoms with Crippen molar-refractivity contribution in [3.8, 4) is 0 Å². The Morgan fingerprint density at radius 1 is 0.952 bits per heavy atom. The molecule has 3 heteroatoms. The molecule has 21 heavy (non-hydrogen) atoms. The van der Waals surface area contributed by atoms with Crippen LogP contribution in [0.4, 0.5) is 17.1 Å². The largest absolute Gasteiger partial charge is 0.397 e. The number of benzene rings is 1. The van der Waals surface area contributed by atoms with Crippen LogP contribution < -0.4 is 16.8 Å². The maximum absolute atomic E-state index is 5.97. The highest BCUT2D eigenvalue weighted by Crippen LogP contribution is 2.66. The first kappa shape index (κ1) is 13.3. The second-order valence-electron chi connectivity index (χ2n) is 8.88. The van der Waals surface area contributed by atoms with E-state index in [1.807, 2.05) is 12.1 Å². The molecule has 4 saturated carbocycles. The summed E-state index contributed by atoms with van der Waals surface area (Å²) in [7, 11) is 0. The lowest BCUT2D eigenvalue weighted by atomic mass is 9.43. The Kier molecular flexibility index (Phi) is 2.45. The third-order valence-corrected chi connectivity index (χ3v) is 6.12. The minimum absolute atomic E-state index is 0.269. The number of nitrogen functional groups attached to an aromatic ring is 2. The number of hydrogen-bond acceptors (Lipinski definition) is 3. The topological polar surface area (TPSA) is 64.1 Å². The van der Waals surface area contributed by atoms with E-state index in [1.54, 1.807) is 0 Å². The minimum Gasteiger partial charge on any atom is -0.397 e. The zero-order chi connectivity index (χ0) is 14.9. The van der Waals surface area contributed by atoms with Crippen molar-refractivity contribution >= 4 is 17.1 Å². The number of anilines is 3. The average Bonchev–Trinajstić information content (AvgIpc) is 2.28. The molecular formula is C18H27N3. The molecular weight excluding hydrogens is 258 g/mol. The first-order chi connectivity index (χ1) is 9.79. The predicted octanol–water partition coefficient (Wildman–Crippen LogP) is 4.01. The summed E-state index contributed by atoms with van der Waals surface area (Å²) in [6, 6.07) is 6.00. The van der Waals surface area contributed by atoms with Crippen LogP contribution in [0.25, 0.3) is 0 Å². The Balaban J connectivity index is 1.66. The molecule has 5 rings (SSSR count). The van der Waals surface area contributed by atoms with Gasteiger partial charge in [0, 0.05) is 11.2 Å². The van der Waals surface area contributed by atoms with Gasteiger partial charge in [0.05, 0.1) is 11.4 Å². The molecule has 4 aliphatic rings. The van der Waals surface area contributed by atoms with Crippen LogP contribution in [0.15, 0.2) is 18.2 Å². The van der Waals surface area contributed by atoms with Crippen LogP contribution in [0.3, 0.4) is 0 Å². The van der Waals surface area contributed by atoms with Crippen molar-refractivity contribution in [3.63, 3.8) is 0 Å². The van der Waals surface area contributed by atoms with Crippen LogP contribution >= 0.6 is 0 Å². The lowest BCUT2D eigenvalue weighted by Crippen LogP contribution is -2.61. The molecule has 2 unspecified atom stereocenters. The quantitative estimate of drug-likeness (QED) is 0.719. The van der Waals surface area contributed by atoms with Gasteiger partial charge in [-0.2, -0.15) is 0 Å². The first-order valence-electron chi connectivity index (χ1n) is 8.22. The van der Waals surface area contributed by atoms with Gasteiger partial charge in [0.15, 0.2) is 0 Å². The molecule has 0 aliphatic heterocycles. The lowest BCUT2D eigenvalue weighted by molar-refractivity contribution is -0.0972. The molecule has 0 amide bonds. The fraction of sp³-hybridized carbons (Fsp3) is 0.667. The average molecular weight is 285 g/mol. The summed E-state index contributed by atoms with van der Waals surface area (Å²) in [5.74, 6) is 0.898. The SMILES string of the molecule is CC12CC3CC(C)(C1)CC(Nc1ccc(N)c(N)c1)(C3)C2. The predicted molar refractivity (Wildman–Crippen MR) is 89.0 cm³/mol. The molecule has 5 N–H and O–H groups in total. The molecule has 4 aliphatic carbocycles. The zero-order valence-electron chi connectivity index (χ0n) is 13.2. The van der Waals surface area contributed by atoms with E-state index < -0.39 is 0 Å². The van der Waals surface area contributed by atoms with Crippen LogP contribution in [0.1, 0.15) is 52.4 Å². The smallest absolute Gasteiger partial charge is 0.0568 e. The number of nitrogens with two attached hydrogens (primary N) is 2. The Morgan fingerprint density at radius 2 is 1.62 bits per heavy atom. The maximum Gasteiger partial charge on any atom is 0.0568 e.